The molecule has 1 aromatic heterocycles. The zero-order valence-corrected chi connectivity index (χ0v) is 22.8. The lowest BCUT2D eigenvalue weighted by Gasteiger charge is -2.25. The van der Waals surface area contributed by atoms with E-state index in [0.29, 0.717) is 40.3 Å². The zero-order chi connectivity index (χ0) is 28.3. The standard InChI is InChI=1S/C33H30ClN3O3/c1-33(35,20-22-5-3-2-4-6-22)24-12-15-26(16-13-24)36-31(23-10-7-21(8-11-23)9-18-29(38)39)30-27-17-14-25(34)19-28(27)37-32(30)40/h2-8,10-17,19,37,40H,9,18,20,35H2,1H3,(H,38,39). The highest BCUT2D eigenvalue weighted by Gasteiger charge is 2.22. The van der Waals surface area contributed by atoms with Crippen molar-refractivity contribution in [3.8, 4) is 5.88 Å². The number of carboxylic acids is 1. The van der Waals surface area contributed by atoms with Gasteiger partial charge in [0.25, 0.3) is 0 Å². The number of H-pyrrole nitrogens is 1. The number of halogens is 1. The first-order chi connectivity index (χ1) is 19.2. The van der Waals surface area contributed by atoms with Gasteiger partial charge < -0.3 is 20.9 Å². The molecule has 40 heavy (non-hydrogen) atoms. The lowest BCUT2D eigenvalue weighted by atomic mass is 9.86. The Morgan fingerprint density at radius 3 is 2.33 bits per heavy atom. The average molecular weight is 552 g/mol. The minimum absolute atomic E-state index is 0.0139. The number of carboxylic acid groups (broad SMARTS) is 1. The summed E-state index contributed by atoms with van der Waals surface area (Å²) in [6, 6.07) is 31.0. The Balaban J connectivity index is 1.54. The van der Waals surface area contributed by atoms with Crippen molar-refractivity contribution in [3.05, 3.63) is 130 Å². The van der Waals surface area contributed by atoms with Gasteiger partial charge in [-0.25, -0.2) is 4.99 Å². The van der Waals surface area contributed by atoms with Gasteiger partial charge in [0.15, 0.2) is 5.88 Å². The molecule has 0 radical (unpaired) electrons. The third-order valence-electron chi connectivity index (χ3n) is 7.01. The summed E-state index contributed by atoms with van der Waals surface area (Å²) in [5.41, 5.74) is 12.5. The molecule has 0 fully saturated rings. The minimum atomic E-state index is -0.838. The van der Waals surface area contributed by atoms with E-state index < -0.39 is 11.5 Å². The van der Waals surface area contributed by atoms with E-state index in [0.717, 1.165) is 22.1 Å². The number of aliphatic carboxylic acids is 1. The highest BCUT2D eigenvalue weighted by molar-refractivity contribution is 6.31. The quantitative estimate of drug-likeness (QED) is 0.146. The van der Waals surface area contributed by atoms with Crippen LogP contribution < -0.4 is 5.73 Å². The largest absolute Gasteiger partial charge is 0.494 e. The zero-order valence-electron chi connectivity index (χ0n) is 22.1. The van der Waals surface area contributed by atoms with Crippen LogP contribution in [0.4, 0.5) is 5.69 Å². The number of nitrogens with one attached hydrogen (secondary N) is 1. The average Bonchev–Trinajstić information content (AvgIpc) is 3.26. The normalized spacial score (nSPS) is 13.3. The van der Waals surface area contributed by atoms with Crippen LogP contribution in [0.2, 0.25) is 5.02 Å². The van der Waals surface area contributed by atoms with Crippen LogP contribution in [0.3, 0.4) is 0 Å². The fraction of sp³-hybridized carbons (Fsp3) is 0.152. The second-order valence-corrected chi connectivity index (χ2v) is 10.7. The molecular weight excluding hydrogens is 522 g/mol. The first-order valence-corrected chi connectivity index (χ1v) is 13.4. The lowest BCUT2D eigenvalue weighted by molar-refractivity contribution is -0.136. The number of hydrogen-bond donors (Lipinski definition) is 4. The van der Waals surface area contributed by atoms with Crippen molar-refractivity contribution in [1.29, 1.82) is 0 Å². The monoisotopic (exact) mass is 551 g/mol. The summed E-state index contributed by atoms with van der Waals surface area (Å²) in [6.07, 6.45) is 1.18. The fourth-order valence-electron chi connectivity index (χ4n) is 4.91. The molecule has 0 saturated heterocycles. The molecule has 7 heteroatoms. The molecule has 5 rings (SSSR count). The van der Waals surface area contributed by atoms with E-state index in [9.17, 15) is 9.90 Å². The van der Waals surface area contributed by atoms with E-state index >= 15 is 0 Å². The van der Waals surface area contributed by atoms with Crippen molar-refractivity contribution < 1.29 is 15.0 Å². The van der Waals surface area contributed by atoms with Crippen LogP contribution in [0.25, 0.3) is 10.9 Å². The third kappa shape index (κ3) is 6.09. The smallest absolute Gasteiger partial charge is 0.303 e. The molecule has 5 aromatic rings. The molecule has 0 aliphatic heterocycles. The van der Waals surface area contributed by atoms with Gasteiger partial charge in [-0.3, -0.25) is 4.79 Å². The van der Waals surface area contributed by atoms with E-state index in [4.69, 9.17) is 27.4 Å². The predicted octanol–water partition coefficient (Wildman–Crippen LogP) is 7.13. The number of benzene rings is 4. The molecule has 202 valence electrons. The number of nitrogens with zero attached hydrogens (tertiary/aromatic N) is 1. The molecular formula is C33H30ClN3O3. The van der Waals surface area contributed by atoms with Gasteiger partial charge in [0.2, 0.25) is 0 Å². The van der Waals surface area contributed by atoms with E-state index in [1.807, 2.05) is 79.7 Å². The number of aromatic amines is 1. The summed E-state index contributed by atoms with van der Waals surface area (Å²) in [5, 5.41) is 21.3. The molecule has 0 saturated carbocycles. The van der Waals surface area contributed by atoms with Crippen molar-refractivity contribution in [1.82, 2.24) is 4.98 Å². The van der Waals surface area contributed by atoms with Crippen LogP contribution >= 0.6 is 11.6 Å². The number of aromatic nitrogens is 1. The maximum atomic E-state index is 11.0. The molecule has 1 atom stereocenters. The van der Waals surface area contributed by atoms with E-state index in [-0.39, 0.29) is 12.3 Å². The van der Waals surface area contributed by atoms with E-state index in [1.165, 1.54) is 5.56 Å². The van der Waals surface area contributed by atoms with Crippen molar-refractivity contribution in [2.24, 2.45) is 10.7 Å². The Hall–Kier alpha value is -4.39. The van der Waals surface area contributed by atoms with Crippen molar-refractivity contribution in [2.45, 2.75) is 31.7 Å². The van der Waals surface area contributed by atoms with Gasteiger partial charge >= 0.3 is 5.97 Å². The second kappa shape index (κ2) is 11.4. The fourth-order valence-corrected chi connectivity index (χ4v) is 5.08. The number of rotatable bonds is 9. The number of hydrogen-bond acceptors (Lipinski definition) is 4. The lowest BCUT2D eigenvalue weighted by Crippen LogP contribution is -2.35. The van der Waals surface area contributed by atoms with Crippen LogP contribution in [-0.2, 0) is 23.2 Å². The molecule has 0 aliphatic rings. The third-order valence-corrected chi connectivity index (χ3v) is 7.25. The SMILES string of the molecule is CC(N)(Cc1ccccc1)c1ccc(N=C(c2ccc(CCC(=O)O)cc2)c2c(O)[nH]c3cc(Cl)ccc23)cc1. The van der Waals surface area contributed by atoms with Crippen molar-refractivity contribution in [2.75, 3.05) is 0 Å². The minimum Gasteiger partial charge on any atom is -0.494 e. The molecule has 5 N–H and O–H groups in total. The van der Waals surface area contributed by atoms with Crippen LogP contribution in [0.1, 0.15) is 41.2 Å². The molecule has 1 unspecified atom stereocenters. The number of aliphatic imine (C=N–C) groups is 1. The molecule has 0 amide bonds. The van der Waals surface area contributed by atoms with Crippen LogP contribution in [0, 0.1) is 0 Å². The van der Waals surface area contributed by atoms with Crippen LogP contribution in [-0.4, -0.2) is 26.9 Å². The second-order valence-electron chi connectivity index (χ2n) is 10.2. The number of nitrogens with two attached hydrogens (primary N) is 1. The number of fused-ring (bicyclic) bond motifs is 1. The summed E-state index contributed by atoms with van der Waals surface area (Å²) in [7, 11) is 0. The number of carbonyl (C=O) groups is 1. The summed E-state index contributed by atoms with van der Waals surface area (Å²) in [6.45, 7) is 2.02. The van der Waals surface area contributed by atoms with Gasteiger partial charge in [0.05, 0.1) is 22.5 Å². The van der Waals surface area contributed by atoms with E-state index in [1.54, 1.807) is 12.1 Å². The van der Waals surface area contributed by atoms with Gasteiger partial charge in [0.1, 0.15) is 0 Å². The van der Waals surface area contributed by atoms with Gasteiger partial charge in [-0.1, -0.05) is 84.4 Å². The molecule has 6 nitrogen and oxygen atoms in total. The first-order valence-electron chi connectivity index (χ1n) is 13.0. The Morgan fingerprint density at radius 1 is 0.950 bits per heavy atom. The molecule has 0 spiro atoms. The summed E-state index contributed by atoms with van der Waals surface area (Å²) in [4.78, 5) is 19.0. The van der Waals surface area contributed by atoms with Gasteiger partial charge in [-0.15, -0.1) is 0 Å². The number of aromatic hydroxyl groups is 1. The Labute approximate surface area is 237 Å². The van der Waals surface area contributed by atoms with Crippen LogP contribution in [0.5, 0.6) is 5.88 Å². The molecule has 4 aromatic carbocycles. The predicted molar refractivity (Wildman–Crippen MR) is 161 cm³/mol. The molecule has 0 bridgehead atoms. The molecule has 1 heterocycles. The van der Waals surface area contributed by atoms with Gasteiger partial charge in [0, 0.05) is 27.9 Å². The highest BCUT2D eigenvalue weighted by Crippen LogP contribution is 2.33. The molecule has 0 aliphatic carbocycles. The Morgan fingerprint density at radius 2 is 1.65 bits per heavy atom. The summed E-state index contributed by atoms with van der Waals surface area (Å²) >= 11 is 6.19. The van der Waals surface area contributed by atoms with Crippen molar-refractivity contribution >= 4 is 39.9 Å². The van der Waals surface area contributed by atoms with Gasteiger partial charge in [-0.05, 0) is 60.7 Å². The van der Waals surface area contributed by atoms with E-state index in [2.05, 4.69) is 17.1 Å². The van der Waals surface area contributed by atoms with Crippen LogP contribution in [0.15, 0.2) is 102 Å². The van der Waals surface area contributed by atoms with Crippen molar-refractivity contribution in [3.63, 3.8) is 0 Å². The Kier molecular flexibility index (Phi) is 7.74. The topological polar surface area (TPSA) is 112 Å². The maximum Gasteiger partial charge on any atom is 0.303 e. The highest BCUT2D eigenvalue weighted by atomic mass is 35.5. The summed E-state index contributed by atoms with van der Waals surface area (Å²) in [5.74, 6) is -0.852. The van der Waals surface area contributed by atoms with Gasteiger partial charge in [-0.2, -0.15) is 0 Å². The maximum absolute atomic E-state index is 11.0. The number of aryl methyl sites for hydroxylation is 1. The Bertz CT molecular complexity index is 1670. The summed E-state index contributed by atoms with van der Waals surface area (Å²) < 4.78 is 0. The first kappa shape index (κ1) is 27.2.